The molecule has 1 saturated heterocycles. The predicted molar refractivity (Wildman–Crippen MR) is 202 cm³/mol. The largest absolute Gasteiger partial charge is 0.468 e. The Balaban J connectivity index is 1.81. The number of benzene rings is 1. The number of hydrogen-bond donors (Lipinski definition) is 3. The van der Waals surface area contributed by atoms with Crippen LogP contribution in [-0.2, 0) is 38.2 Å². The zero-order valence-corrected chi connectivity index (χ0v) is 33.3. The molecule has 1 aromatic carbocycles. The van der Waals surface area contributed by atoms with Crippen LogP contribution in [0, 0.1) is 11.3 Å². The number of nitrogens with one attached hydrogen (secondary N) is 3. The van der Waals surface area contributed by atoms with Crippen molar-refractivity contribution in [1.29, 1.82) is 0 Å². The predicted octanol–water partition coefficient (Wildman–Crippen LogP) is 4.55. The number of fused-ring (bicyclic) bond motifs is 1. The van der Waals surface area contributed by atoms with E-state index in [4.69, 9.17) is 19.2 Å². The molecule has 3 N–H and O–H groups in total. The Morgan fingerprint density at radius 2 is 1.77 bits per heavy atom. The Kier molecular flexibility index (Phi) is 15.1. The average Bonchev–Trinajstić information content (AvgIpc) is 3.09. The summed E-state index contributed by atoms with van der Waals surface area (Å²) in [6, 6.07) is 7.90. The standard InChI is InChI=1S/C38H57N5O8Si/c1-24(2)33(34(45)39-25(3)35(46)43-19-11-12-31(42-43)36(47)49-7)41-37(48)38(6,23-50-20-21-52(8,9)10)18-17-28-13-14-29-15-16-30(40-32(29)22-28)26(4)51-27(5)44/h13-18,22,24-26,31,33,42H,11-12,19-21,23H2,1-10H3,(H,39,45)(H,41,48)/t25-,26+,31-,33-,38-/m0/s1. The summed E-state index contributed by atoms with van der Waals surface area (Å²) in [6.07, 6.45) is 4.24. The average molecular weight is 740 g/mol. The lowest BCUT2D eigenvalue weighted by Gasteiger charge is -2.34. The fourth-order valence-corrected chi connectivity index (χ4v) is 6.38. The van der Waals surface area contributed by atoms with Gasteiger partial charge in [-0.2, -0.15) is 0 Å². The maximum Gasteiger partial charge on any atom is 0.324 e. The summed E-state index contributed by atoms with van der Waals surface area (Å²) >= 11 is 0. The van der Waals surface area contributed by atoms with Crippen LogP contribution in [-0.4, -0.2) is 92.7 Å². The first kappa shape index (κ1) is 42.3. The Morgan fingerprint density at radius 1 is 1.08 bits per heavy atom. The zero-order valence-electron chi connectivity index (χ0n) is 32.3. The summed E-state index contributed by atoms with van der Waals surface area (Å²) in [6.45, 7) is 17.8. The van der Waals surface area contributed by atoms with Crippen LogP contribution in [0.3, 0.4) is 0 Å². The van der Waals surface area contributed by atoms with Crippen molar-refractivity contribution in [2.24, 2.45) is 11.3 Å². The van der Waals surface area contributed by atoms with E-state index < -0.39 is 61.4 Å². The monoisotopic (exact) mass is 739 g/mol. The van der Waals surface area contributed by atoms with Crippen LogP contribution in [0.5, 0.6) is 0 Å². The molecule has 52 heavy (non-hydrogen) atoms. The molecule has 3 rings (SSSR count). The number of nitrogens with zero attached hydrogens (tertiary/aromatic N) is 2. The molecular weight excluding hydrogens is 683 g/mol. The highest BCUT2D eigenvalue weighted by Gasteiger charge is 2.37. The van der Waals surface area contributed by atoms with Gasteiger partial charge in [-0.1, -0.05) is 63.8 Å². The van der Waals surface area contributed by atoms with E-state index in [-0.39, 0.29) is 18.5 Å². The Labute approximate surface area is 308 Å². The molecule has 14 heteroatoms. The van der Waals surface area contributed by atoms with E-state index in [0.717, 1.165) is 17.0 Å². The number of hydrogen-bond acceptors (Lipinski definition) is 10. The highest BCUT2D eigenvalue weighted by molar-refractivity contribution is 6.76. The Hall–Kier alpha value is -4.14. The number of rotatable bonds is 16. The summed E-state index contributed by atoms with van der Waals surface area (Å²) in [4.78, 5) is 69.2. The van der Waals surface area contributed by atoms with E-state index in [0.29, 0.717) is 37.2 Å². The van der Waals surface area contributed by atoms with Crippen molar-refractivity contribution in [3.05, 3.63) is 47.7 Å². The molecule has 2 aromatic rings. The third-order valence-corrected chi connectivity index (χ3v) is 10.7. The molecule has 0 saturated carbocycles. The lowest BCUT2D eigenvalue weighted by molar-refractivity contribution is -0.151. The molecule has 286 valence electrons. The molecule has 0 aliphatic carbocycles. The van der Waals surface area contributed by atoms with E-state index in [1.165, 1.54) is 19.0 Å². The van der Waals surface area contributed by atoms with Gasteiger partial charge in [0.05, 0.1) is 30.3 Å². The summed E-state index contributed by atoms with van der Waals surface area (Å²) in [5, 5.41) is 7.94. The van der Waals surface area contributed by atoms with Gasteiger partial charge < -0.3 is 24.8 Å². The van der Waals surface area contributed by atoms with Gasteiger partial charge in [-0.15, -0.1) is 0 Å². The molecule has 3 amide bonds. The first-order valence-corrected chi connectivity index (χ1v) is 21.7. The molecule has 5 atom stereocenters. The maximum atomic E-state index is 14.1. The fourth-order valence-electron chi connectivity index (χ4n) is 5.62. The van der Waals surface area contributed by atoms with E-state index >= 15 is 0 Å². The molecule has 0 unspecified atom stereocenters. The van der Waals surface area contributed by atoms with Crippen LogP contribution in [0.4, 0.5) is 0 Å². The molecule has 0 bridgehead atoms. The smallest absolute Gasteiger partial charge is 0.324 e. The molecule has 0 spiro atoms. The molecule has 0 radical (unpaired) electrons. The summed E-state index contributed by atoms with van der Waals surface area (Å²) < 4.78 is 16.2. The summed E-state index contributed by atoms with van der Waals surface area (Å²) in [7, 11) is -0.102. The van der Waals surface area contributed by atoms with Crippen LogP contribution in [0.2, 0.25) is 25.7 Å². The number of amides is 3. The molecule has 1 aromatic heterocycles. The van der Waals surface area contributed by atoms with Crippen molar-refractivity contribution in [2.45, 2.75) is 104 Å². The second-order valence-electron chi connectivity index (χ2n) is 15.3. The number of ether oxygens (including phenoxy) is 3. The third kappa shape index (κ3) is 12.2. The quantitative estimate of drug-likeness (QED) is 0.126. The number of hydrazine groups is 1. The van der Waals surface area contributed by atoms with Crippen molar-refractivity contribution in [2.75, 3.05) is 26.9 Å². The van der Waals surface area contributed by atoms with E-state index in [2.05, 4.69) is 35.7 Å². The minimum Gasteiger partial charge on any atom is -0.468 e. The summed E-state index contributed by atoms with van der Waals surface area (Å²) in [5.74, 6) is -2.47. The van der Waals surface area contributed by atoms with Gasteiger partial charge in [-0.3, -0.25) is 29.0 Å². The number of esters is 2. The molecule has 13 nitrogen and oxygen atoms in total. The SMILES string of the molecule is COC(=O)[C@@H]1CCCN(C(=O)[C@H](C)NC(=O)[C@@H](NC(=O)[C@@](C)(C=Cc2ccc3ccc([C@@H](C)OC(C)=O)nc3c2)COCC[Si](C)(C)C)C(C)C)N1. The topological polar surface area (TPSA) is 165 Å². The van der Waals surface area contributed by atoms with Gasteiger partial charge in [-0.25, -0.2) is 10.4 Å². The number of aromatic nitrogens is 1. The second-order valence-corrected chi connectivity index (χ2v) is 20.9. The Morgan fingerprint density at radius 3 is 2.40 bits per heavy atom. The number of carbonyl (C=O) groups is 5. The van der Waals surface area contributed by atoms with Crippen molar-refractivity contribution in [3.8, 4) is 0 Å². The van der Waals surface area contributed by atoms with Crippen molar-refractivity contribution in [3.63, 3.8) is 0 Å². The van der Waals surface area contributed by atoms with Gasteiger partial charge >= 0.3 is 11.9 Å². The molecule has 1 aliphatic heterocycles. The highest BCUT2D eigenvalue weighted by atomic mass is 28.3. The van der Waals surface area contributed by atoms with Crippen LogP contribution in [0.1, 0.15) is 71.7 Å². The first-order valence-electron chi connectivity index (χ1n) is 17.9. The second kappa shape index (κ2) is 18.6. The Bertz CT molecular complexity index is 1630. The van der Waals surface area contributed by atoms with Gasteiger partial charge in [0.2, 0.25) is 11.8 Å². The summed E-state index contributed by atoms with van der Waals surface area (Å²) in [5.41, 5.74) is 3.85. The van der Waals surface area contributed by atoms with Crippen LogP contribution >= 0.6 is 0 Å². The van der Waals surface area contributed by atoms with Gasteiger partial charge in [0, 0.05) is 33.5 Å². The minimum absolute atomic E-state index is 0.0823. The zero-order chi connectivity index (χ0) is 38.8. The third-order valence-electron chi connectivity index (χ3n) is 8.96. The van der Waals surface area contributed by atoms with Crippen molar-refractivity contribution < 1.29 is 38.2 Å². The molecular formula is C38H57N5O8Si. The van der Waals surface area contributed by atoms with E-state index in [9.17, 15) is 24.0 Å². The number of carbonyl (C=O) groups excluding carboxylic acids is 5. The van der Waals surface area contributed by atoms with Gasteiger partial charge in [0.25, 0.3) is 5.91 Å². The lowest BCUT2D eigenvalue weighted by atomic mass is 9.88. The highest BCUT2D eigenvalue weighted by Crippen LogP contribution is 2.25. The lowest BCUT2D eigenvalue weighted by Crippen LogP contribution is -2.61. The van der Waals surface area contributed by atoms with Crippen molar-refractivity contribution >= 4 is 54.7 Å². The normalized spacial score (nSPS) is 18.0. The fraction of sp³-hybridized carbons (Fsp3) is 0.579. The molecule has 1 fully saturated rings. The number of methoxy groups -OCH3 is 1. The van der Waals surface area contributed by atoms with Gasteiger partial charge in [-0.05, 0) is 63.3 Å². The maximum absolute atomic E-state index is 14.1. The first-order chi connectivity index (χ1) is 24.3. The minimum atomic E-state index is -1.39. The van der Waals surface area contributed by atoms with Gasteiger partial charge in [0.15, 0.2) is 0 Å². The molecule has 2 heterocycles. The van der Waals surface area contributed by atoms with Crippen molar-refractivity contribution in [1.82, 2.24) is 26.1 Å². The van der Waals surface area contributed by atoms with Crippen LogP contribution in [0.25, 0.3) is 17.0 Å². The van der Waals surface area contributed by atoms with E-state index in [1.54, 1.807) is 26.8 Å². The van der Waals surface area contributed by atoms with E-state index in [1.807, 2.05) is 50.3 Å². The van der Waals surface area contributed by atoms with Crippen LogP contribution in [0.15, 0.2) is 36.4 Å². The van der Waals surface area contributed by atoms with Gasteiger partial charge in [0.1, 0.15) is 24.2 Å². The molecule has 1 aliphatic rings. The number of pyridine rings is 1. The van der Waals surface area contributed by atoms with Crippen LogP contribution < -0.4 is 16.1 Å².